The van der Waals surface area contributed by atoms with E-state index >= 15 is 0 Å². The molecule has 1 saturated heterocycles. The number of halogens is 1. The molecule has 6 heteroatoms. The summed E-state index contributed by atoms with van der Waals surface area (Å²) in [5, 5.41) is 0.731. The van der Waals surface area contributed by atoms with Gasteiger partial charge in [-0.05, 0) is 54.7 Å². The van der Waals surface area contributed by atoms with Gasteiger partial charge in [-0.25, -0.2) is 9.97 Å². The van der Waals surface area contributed by atoms with E-state index in [0.29, 0.717) is 13.1 Å². The number of nitrogens with zero attached hydrogens (tertiary/aromatic N) is 4. The molecule has 34 heavy (non-hydrogen) atoms. The Morgan fingerprint density at radius 2 is 1.53 bits per heavy atom. The van der Waals surface area contributed by atoms with Crippen LogP contribution in [0.3, 0.4) is 0 Å². The van der Waals surface area contributed by atoms with Gasteiger partial charge >= 0.3 is 0 Å². The van der Waals surface area contributed by atoms with Crippen molar-refractivity contribution in [2.45, 2.75) is 46.5 Å². The zero-order chi connectivity index (χ0) is 24.5. The molecule has 0 N–H and O–H groups in total. The molecule has 5 nitrogen and oxygen atoms in total. The number of carbonyl (C=O) groups is 1. The van der Waals surface area contributed by atoms with Crippen molar-refractivity contribution in [1.82, 2.24) is 14.9 Å². The molecule has 2 aromatic carbocycles. The molecule has 2 heterocycles. The van der Waals surface area contributed by atoms with E-state index in [4.69, 9.17) is 16.6 Å². The van der Waals surface area contributed by atoms with E-state index < -0.39 is 0 Å². The van der Waals surface area contributed by atoms with Crippen LogP contribution in [-0.2, 0) is 11.8 Å². The molecular formula is C28H33ClN4O. The smallest absolute Gasteiger partial charge is 0.253 e. The molecule has 0 bridgehead atoms. The highest BCUT2D eigenvalue weighted by atomic mass is 35.5. The van der Waals surface area contributed by atoms with Crippen molar-refractivity contribution in [2.75, 3.05) is 31.1 Å². The van der Waals surface area contributed by atoms with Gasteiger partial charge in [0.15, 0.2) is 0 Å². The SMILES string of the molecule is Cc1nc(C)c(Cc2ccc(Cl)cc2)c(N2CCN(C(=O)c3ccc(C(C)(C)C)cc3)CC2)n1. The molecule has 1 aliphatic rings. The van der Waals surface area contributed by atoms with Crippen LogP contribution in [0.2, 0.25) is 5.02 Å². The van der Waals surface area contributed by atoms with Crippen LogP contribution in [0.1, 0.15) is 59.3 Å². The van der Waals surface area contributed by atoms with Crippen LogP contribution in [0.4, 0.5) is 5.82 Å². The Balaban J connectivity index is 1.48. The van der Waals surface area contributed by atoms with E-state index in [0.717, 1.165) is 53.0 Å². The minimum atomic E-state index is 0.0741. The molecule has 178 valence electrons. The number of rotatable bonds is 4. The fourth-order valence-corrected chi connectivity index (χ4v) is 4.54. The molecule has 4 rings (SSSR count). The largest absolute Gasteiger partial charge is 0.353 e. The lowest BCUT2D eigenvalue weighted by atomic mass is 9.86. The number of aryl methyl sites for hydroxylation is 2. The van der Waals surface area contributed by atoms with Crippen molar-refractivity contribution in [3.63, 3.8) is 0 Å². The standard InChI is InChI=1S/C28H33ClN4O/c1-19-25(18-21-6-12-24(29)13-7-21)26(31-20(2)30-19)32-14-16-33(17-15-32)27(34)22-8-10-23(11-9-22)28(3,4)5/h6-13H,14-18H2,1-5H3. The summed E-state index contributed by atoms with van der Waals surface area (Å²) in [7, 11) is 0. The monoisotopic (exact) mass is 476 g/mol. The summed E-state index contributed by atoms with van der Waals surface area (Å²) in [6.45, 7) is 13.4. The number of amides is 1. The van der Waals surface area contributed by atoms with Crippen LogP contribution in [0.25, 0.3) is 0 Å². The summed E-state index contributed by atoms with van der Waals surface area (Å²) < 4.78 is 0. The molecule has 1 amide bonds. The number of carbonyl (C=O) groups excluding carboxylic acids is 1. The Bertz CT molecular complexity index is 1160. The van der Waals surface area contributed by atoms with Gasteiger partial charge in [-0.1, -0.05) is 56.6 Å². The number of anilines is 1. The van der Waals surface area contributed by atoms with E-state index in [-0.39, 0.29) is 11.3 Å². The minimum Gasteiger partial charge on any atom is -0.353 e. The lowest BCUT2D eigenvalue weighted by molar-refractivity contribution is 0.0746. The molecule has 3 aromatic rings. The van der Waals surface area contributed by atoms with E-state index in [1.165, 1.54) is 11.1 Å². The van der Waals surface area contributed by atoms with E-state index in [9.17, 15) is 4.79 Å². The van der Waals surface area contributed by atoms with Gasteiger partial charge < -0.3 is 9.80 Å². The molecule has 1 aliphatic heterocycles. The summed E-state index contributed by atoms with van der Waals surface area (Å²) in [4.78, 5) is 26.8. The van der Waals surface area contributed by atoms with Gasteiger partial charge in [-0.15, -0.1) is 0 Å². The van der Waals surface area contributed by atoms with Gasteiger partial charge in [-0.3, -0.25) is 4.79 Å². The van der Waals surface area contributed by atoms with Crippen molar-refractivity contribution in [1.29, 1.82) is 0 Å². The average Bonchev–Trinajstić information content (AvgIpc) is 2.81. The molecule has 0 aliphatic carbocycles. The molecular weight excluding hydrogens is 444 g/mol. The molecule has 1 fully saturated rings. The maximum absolute atomic E-state index is 13.1. The van der Waals surface area contributed by atoms with Crippen molar-refractivity contribution in [3.05, 3.63) is 87.3 Å². The number of hydrogen-bond donors (Lipinski definition) is 0. The van der Waals surface area contributed by atoms with Gasteiger partial charge in [0.25, 0.3) is 5.91 Å². The first-order valence-electron chi connectivity index (χ1n) is 11.8. The topological polar surface area (TPSA) is 49.3 Å². The zero-order valence-electron chi connectivity index (χ0n) is 20.7. The predicted octanol–water partition coefficient (Wildman–Crippen LogP) is 5.60. The van der Waals surface area contributed by atoms with Crippen LogP contribution in [-0.4, -0.2) is 47.0 Å². The molecule has 0 atom stereocenters. The fraction of sp³-hybridized carbons (Fsp3) is 0.393. The van der Waals surface area contributed by atoms with Gasteiger partial charge in [0.05, 0.1) is 0 Å². The van der Waals surface area contributed by atoms with Crippen LogP contribution < -0.4 is 4.90 Å². The van der Waals surface area contributed by atoms with Crippen LogP contribution in [0.5, 0.6) is 0 Å². The van der Waals surface area contributed by atoms with Crippen LogP contribution in [0, 0.1) is 13.8 Å². The summed E-state index contributed by atoms with van der Waals surface area (Å²) in [6.07, 6.45) is 0.748. The maximum atomic E-state index is 13.1. The van der Waals surface area contributed by atoms with E-state index in [2.05, 4.69) is 42.8 Å². The van der Waals surface area contributed by atoms with Crippen LogP contribution in [0.15, 0.2) is 48.5 Å². The Morgan fingerprint density at radius 1 is 0.912 bits per heavy atom. The number of aromatic nitrogens is 2. The highest BCUT2D eigenvalue weighted by molar-refractivity contribution is 6.30. The Morgan fingerprint density at radius 3 is 2.12 bits per heavy atom. The second-order valence-electron chi connectivity index (χ2n) is 10.1. The Hall–Kier alpha value is -2.92. The summed E-state index contributed by atoms with van der Waals surface area (Å²) in [6, 6.07) is 16.0. The third-order valence-corrected chi connectivity index (χ3v) is 6.71. The highest BCUT2D eigenvalue weighted by Gasteiger charge is 2.26. The second kappa shape index (κ2) is 9.75. The summed E-state index contributed by atoms with van der Waals surface area (Å²) >= 11 is 6.07. The maximum Gasteiger partial charge on any atom is 0.253 e. The molecule has 0 saturated carbocycles. The summed E-state index contributed by atoms with van der Waals surface area (Å²) in [5.41, 5.74) is 5.36. The first kappa shape index (κ1) is 24.2. The van der Waals surface area contributed by atoms with E-state index in [1.54, 1.807) is 0 Å². The molecule has 1 aromatic heterocycles. The zero-order valence-corrected chi connectivity index (χ0v) is 21.5. The average molecular weight is 477 g/mol. The number of benzene rings is 2. The Kier molecular flexibility index (Phi) is 6.94. The molecule has 0 radical (unpaired) electrons. The van der Waals surface area contributed by atoms with Gasteiger partial charge in [-0.2, -0.15) is 0 Å². The third-order valence-electron chi connectivity index (χ3n) is 6.46. The van der Waals surface area contributed by atoms with Gasteiger partial charge in [0.2, 0.25) is 0 Å². The van der Waals surface area contributed by atoms with Gasteiger partial charge in [0.1, 0.15) is 11.6 Å². The third kappa shape index (κ3) is 5.41. The normalized spacial score (nSPS) is 14.4. The van der Waals surface area contributed by atoms with Gasteiger partial charge in [0, 0.05) is 54.4 Å². The van der Waals surface area contributed by atoms with Crippen molar-refractivity contribution in [2.24, 2.45) is 0 Å². The summed E-state index contributed by atoms with van der Waals surface area (Å²) in [5.74, 6) is 1.84. The quantitative estimate of drug-likeness (QED) is 0.492. The van der Waals surface area contributed by atoms with E-state index in [1.807, 2.05) is 55.1 Å². The highest BCUT2D eigenvalue weighted by Crippen LogP contribution is 2.27. The second-order valence-corrected chi connectivity index (χ2v) is 10.5. The molecule has 0 spiro atoms. The van der Waals surface area contributed by atoms with Crippen molar-refractivity contribution >= 4 is 23.3 Å². The Labute approximate surface area is 207 Å². The van der Waals surface area contributed by atoms with Crippen molar-refractivity contribution in [3.8, 4) is 0 Å². The predicted molar refractivity (Wildman–Crippen MR) is 139 cm³/mol. The molecule has 0 unspecified atom stereocenters. The fourth-order valence-electron chi connectivity index (χ4n) is 4.41. The first-order valence-corrected chi connectivity index (χ1v) is 12.2. The lowest BCUT2D eigenvalue weighted by Gasteiger charge is -2.36. The van der Waals surface area contributed by atoms with Crippen LogP contribution >= 0.6 is 11.6 Å². The lowest BCUT2D eigenvalue weighted by Crippen LogP contribution is -2.49. The van der Waals surface area contributed by atoms with Crippen molar-refractivity contribution < 1.29 is 4.79 Å². The minimum absolute atomic E-state index is 0.0741. The number of piperazine rings is 1. The first-order chi connectivity index (χ1) is 16.1. The number of hydrogen-bond acceptors (Lipinski definition) is 4.